The van der Waals surface area contributed by atoms with E-state index in [2.05, 4.69) is 15.9 Å². The van der Waals surface area contributed by atoms with E-state index in [4.69, 9.17) is 21.7 Å². The van der Waals surface area contributed by atoms with Gasteiger partial charge >= 0.3 is 0 Å². The first-order valence-electron chi connectivity index (χ1n) is 11.5. The Morgan fingerprint density at radius 2 is 1.65 bits per heavy atom. The largest absolute Gasteiger partial charge is 0.297 e. The quantitative estimate of drug-likeness (QED) is 0.204. The highest BCUT2D eigenvalue weighted by atomic mass is 79.9. The van der Waals surface area contributed by atoms with Crippen molar-refractivity contribution in [2.45, 2.75) is 13.8 Å². The molecule has 0 aliphatic rings. The zero-order valence-electron chi connectivity index (χ0n) is 20.4. The topological polar surface area (TPSA) is 56.6 Å². The van der Waals surface area contributed by atoms with Crippen molar-refractivity contribution in [3.63, 3.8) is 0 Å². The fourth-order valence-electron chi connectivity index (χ4n) is 3.97. The summed E-state index contributed by atoms with van der Waals surface area (Å²) in [4.78, 5) is 19.0. The van der Waals surface area contributed by atoms with Crippen LogP contribution in [-0.2, 0) is 7.05 Å². The smallest absolute Gasteiger partial charge is 0.283 e. The Labute approximate surface area is 231 Å². The summed E-state index contributed by atoms with van der Waals surface area (Å²) in [6.07, 6.45) is 0. The molecule has 5 rings (SSSR count). The van der Waals surface area contributed by atoms with Gasteiger partial charge in [-0.2, -0.15) is 5.10 Å². The molecule has 6 nitrogen and oxygen atoms in total. The van der Waals surface area contributed by atoms with Gasteiger partial charge in [-0.1, -0.05) is 70.0 Å². The van der Waals surface area contributed by atoms with Gasteiger partial charge in [-0.3, -0.25) is 9.48 Å². The summed E-state index contributed by atoms with van der Waals surface area (Å²) >= 11 is 11.0. The van der Waals surface area contributed by atoms with E-state index >= 15 is 0 Å². The maximum absolute atomic E-state index is 13.5. The van der Waals surface area contributed by atoms with Gasteiger partial charge < -0.3 is 0 Å². The maximum atomic E-state index is 13.5. The summed E-state index contributed by atoms with van der Waals surface area (Å²) < 4.78 is 6.25. The predicted octanol–water partition coefficient (Wildman–Crippen LogP) is 6.94. The van der Waals surface area contributed by atoms with Gasteiger partial charge in [0, 0.05) is 27.5 Å². The van der Waals surface area contributed by atoms with Crippen LogP contribution in [0.15, 0.2) is 104 Å². The van der Waals surface area contributed by atoms with Gasteiger partial charge in [0.25, 0.3) is 5.56 Å². The van der Waals surface area contributed by atoms with Gasteiger partial charge in [-0.25, -0.2) is 14.4 Å². The molecule has 0 spiro atoms. The van der Waals surface area contributed by atoms with Crippen molar-refractivity contribution in [3.8, 4) is 16.9 Å². The number of rotatable bonds is 5. The Morgan fingerprint density at radius 3 is 2.32 bits per heavy atom. The number of nitrogens with zero attached hydrogens (tertiary/aromatic N) is 5. The van der Waals surface area contributed by atoms with Crippen molar-refractivity contribution >= 4 is 50.3 Å². The van der Waals surface area contributed by atoms with Crippen LogP contribution in [0, 0.1) is 6.92 Å². The fraction of sp³-hybridized carbons (Fsp3) is 0.107. The van der Waals surface area contributed by atoms with Crippen LogP contribution < -0.4 is 10.4 Å². The highest BCUT2D eigenvalue weighted by Gasteiger charge is 2.17. The van der Waals surface area contributed by atoms with Crippen LogP contribution in [0.3, 0.4) is 0 Å². The van der Waals surface area contributed by atoms with Crippen molar-refractivity contribution in [2.75, 3.05) is 0 Å². The van der Waals surface area contributed by atoms with E-state index in [1.165, 1.54) is 11.3 Å². The van der Waals surface area contributed by atoms with Crippen molar-refractivity contribution in [1.82, 2.24) is 14.0 Å². The summed E-state index contributed by atoms with van der Waals surface area (Å²) in [5, 5.41) is 7.62. The van der Waals surface area contributed by atoms with E-state index in [9.17, 15) is 4.79 Å². The average molecular weight is 593 g/mol. The van der Waals surface area contributed by atoms with E-state index in [1.54, 1.807) is 9.36 Å². The summed E-state index contributed by atoms with van der Waals surface area (Å²) in [6.45, 7) is 3.84. The fourth-order valence-corrected chi connectivity index (χ4v) is 5.20. The van der Waals surface area contributed by atoms with E-state index in [-0.39, 0.29) is 5.56 Å². The second-order valence-electron chi connectivity index (χ2n) is 8.44. The molecule has 186 valence electrons. The van der Waals surface area contributed by atoms with Crippen LogP contribution in [0.5, 0.6) is 0 Å². The van der Waals surface area contributed by atoms with Crippen LogP contribution in [0.4, 0.5) is 5.69 Å². The van der Waals surface area contributed by atoms with Crippen LogP contribution in [0.2, 0.25) is 5.02 Å². The lowest BCUT2D eigenvalue weighted by Crippen LogP contribution is -2.20. The number of aromatic nitrogens is 3. The number of thiazole rings is 1. The molecule has 2 heterocycles. The number of para-hydroxylation sites is 1. The van der Waals surface area contributed by atoms with Crippen molar-refractivity contribution in [3.05, 3.63) is 120 Å². The molecule has 0 bridgehead atoms. The second kappa shape index (κ2) is 10.5. The van der Waals surface area contributed by atoms with Crippen LogP contribution >= 0.6 is 38.9 Å². The minimum atomic E-state index is -0.185. The van der Waals surface area contributed by atoms with Gasteiger partial charge in [-0.15, -0.1) is 11.3 Å². The standard InChI is InChI=1S/C28H23BrClN5OS/c1-18(20-11-15-23(30)16-12-20)32-34-25(21-9-13-22(29)14-10-21)17-37-28(34)31-26-19(2)33(3)35(27(26)36)24-7-5-4-6-8-24/h4-17H,1-3H3/b31-28?,32-18+. The Hall–Kier alpha value is -3.46. The van der Waals surface area contributed by atoms with E-state index in [1.807, 2.05) is 110 Å². The molecule has 2 aromatic heterocycles. The molecule has 0 saturated carbocycles. The van der Waals surface area contributed by atoms with Gasteiger partial charge in [-0.05, 0) is 55.8 Å². The number of halogens is 2. The number of benzene rings is 3. The Balaban J connectivity index is 1.72. The number of hydrogen-bond acceptors (Lipinski definition) is 4. The molecule has 0 atom stereocenters. The molecular formula is C28H23BrClN5OS. The van der Waals surface area contributed by atoms with Crippen LogP contribution in [-0.4, -0.2) is 19.8 Å². The summed E-state index contributed by atoms with van der Waals surface area (Å²) in [7, 11) is 1.86. The lowest BCUT2D eigenvalue weighted by molar-refractivity contribution is 0.630. The molecule has 0 unspecified atom stereocenters. The SMILES string of the molecule is C/C(=N\n1c(-c2ccc(Br)cc2)csc1=Nc1c(C)n(C)n(-c2ccccc2)c1=O)c1ccc(Cl)cc1. The minimum Gasteiger partial charge on any atom is -0.283 e. The third-order valence-corrected chi connectivity index (χ3v) is 7.67. The zero-order chi connectivity index (χ0) is 26.1. The van der Waals surface area contributed by atoms with Crippen LogP contribution in [0.1, 0.15) is 18.2 Å². The summed E-state index contributed by atoms with van der Waals surface area (Å²) in [5.74, 6) is 0. The van der Waals surface area contributed by atoms with E-state index < -0.39 is 0 Å². The average Bonchev–Trinajstić information content (AvgIpc) is 3.38. The van der Waals surface area contributed by atoms with Crippen molar-refractivity contribution in [2.24, 2.45) is 17.1 Å². The normalized spacial score (nSPS) is 12.4. The van der Waals surface area contributed by atoms with Crippen molar-refractivity contribution in [1.29, 1.82) is 0 Å². The van der Waals surface area contributed by atoms with Gasteiger partial charge in [0.2, 0.25) is 4.80 Å². The minimum absolute atomic E-state index is 0.185. The molecule has 3 aromatic carbocycles. The first-order valence-corrected chi connectivity index (χ1v) is 13.6. The summed E-state index contributed by atoms with van der Waals surface area (Å²) in [6, 6.07) is 25.1. The van der Waals surface area contributed by atoms with E-state index in [0.717, 1.165) is 38.4 Å². The molecule has 0 N–H and O–H groups in total. The molecule has 0 aliphatic heterocycles. The first kappa shape index (κ1) is 25.2. The molecule has 37 heavy (non-hydrogen) atoms. The number of hydrogen-bond donors (Lipinski definition) is 0. The Kier molecular flexibility index (Phi) is 7.15. The molecule has 9 heteroatoms. The Morgan fingerprint density at radius 1 is 0.973 bits per heavy atom. The lowest BCUT2D eigenvalue weighted by atomic mass is 10.1. The van der Waals surface area contributed by atoms with E-state index in [0.29, 0.717) is 15.5 Å². The molecule has 0 fully saturated rings. The first-order chi connectivity index (χ1) is 17.8. The van der Waals surface area contributed by atoms with Crippen molar-refractivity contribution < 1.29 is 0 Å². The van der Waals surface area contributed by atoms with Gasteiger partial charge in [0.1, 0.15) is 0 Å². The van der Waals surface area contributed by atoms with Gasteiger partial charge in [0.05, 0.1) is 22.8 Å². The lowest BCUT2D eigenvalue weighted by Gasteiger charge is -2.07. The monoisotopic (exact) mass is 591 g/mol. The molecule has 0 amide bonds. The molecular weight excluding hydrogens is 570 g/mol. The summed E-state index contributed by atoms with van der Waals surface area (Å²) in [5.41, 5.74) is 5.34. The third kappa shape index (κ3) is 5.05. The molecule has 0 radical (unpaired) electrons. The third-order valence-electron chi connectivity index (χ3n) is 6.07. The van der Waals surface area contributed by atoms with Crippen LogP contribution in [0.25, 0.3) is 16.9 Å². The predicted molar refractivity (Wildman–Crippen MR) is 155 cm³/mol. The zero-order valence-corrected chi connectivity index (χ0v) is 23.5. The molecule has 0 saturated heterocycles. The highest BCUT2D eigenvalue weighted by Crippen LogP contribution is 2.24. The molecule has 5 aromatic rings. The second-order valence-corrected chi connectivity index (χ2v) is 10.6. The van der Waals surface area contributed by atoms with Gasteiger partial charge in [0.15, 0.2) is 5.69 Å². The maximum Gasteiger partial charge on any atom is 0.297 e. The molecule has 0 aliphatic carbocycles. The highest BCUT2D eigenvalue weighted by molar-refractivity contribution is 9.10. The Bertz CT molecular complexity index is 1730.